The number of hydrogen-bond acceptors (Lipinski definition) is 8. The van der Waals surface area contributed by atoms with Crippen molar-refractivity contribution in [2.24, 2.45) is 11.5 Å². The smallest absolute Gasteiger partial charge is 0.328 e. The van der Waals surface area contributed by atoms with Gasteiger partial charge in [0, 0.05) is 0 Å². The van der Waals surface area contributed by atoms with Crippen LogP contribution in [0.2, 0.25) is 0 Å². The number of aromatic nitrogens is 4. The van der Waals surface area contributed by atoms with Crippen molar-refractivity contribution < 1.29 is 23.7 Å². The number of benzene rings is 2. The highest BCUT2D eigenvalue weighted by Crippen LogP contribution is 2.05. The molecule has 0 aliphatic rings. The number of fused-ring (bicyclic) bond motifs is 1. The third-order valence-electron chi connectivity index (χ3n) is 5.50. The van der Waals surface area contributed by atoms with Crippen molar-refractivity contribution >= 4 is 23.0 Å². The number of carbonyl (C=O) groups excluding carboxylic acids is 2. The van der Waals surface area contributed by atoms with Crippen LogP contribution in [0.25, 0.3) is 11.0 Å². The molecule has 2 aromatic carbocycles. The van der Waals surface area contributed by atoms with Gasteiger partial charge in [-0.3, -0.25) is 19.0 Å². The second-order valence-corrected chi connectivity index (χ2v) is 8.27. The van der Waals surface area contributed by atoms with Gasteiger partial charge in [0.05, 0.1) is 0 Å². The highest BCUT2D eigenvalue weighted by molar-refractivity contribution is 5.76. The zero-order valence-corrected chi connectivity index (χ0v) is 19.4. The summed E-state index contributed by atoms with van der Waals surface area (Å²) in [5.74, 6) is -1.21. The van der Waals surface area contributed by atoms with E-state index in [4.69, 9.17) is 20.9 Å². The number of rotatable bonds is 10. The average Bonchev–Trinajstić information content (AvgIpc) is 3.32. The van der Waals surface area contributed by atoms with E-state index < -0.39 is 29.6 Å². The van der Waals surface area contributed by atoms with E-state index in [1.165, 1.54) is 17.2 Å². The minimum atomic E-state index is -0.864. The van der Waals surface area contributed by atoms with E-state index in [-0.39, 0.29) is 24.5 Å². The number of nitrogens with zero attached hydrogens (tertiary/aromatic N) is 3. The molecule has 0 aliphatic heterocycles. The molecule has 0 saturated heterocycles. The van der Waals surface area contributed by atoms with Crippen molar-refractivity contribution in [2.75, 3.05) is 0 Å². The number of nitrogens with one attached hydrogen (secondary N) is 1. The summed E-state index contributed by atoms with van der Waals surface area (Å²) in [5, 5.41) is 3.09. The molecular formula is C25H27N6O5+. The Balaban J connectivity index is 1.33. The molecule has 2 aromatic heterocycles. The molecule has 2 atom stereocenters. The van der Waals surface area contributed by atoms with E-state index in [9.17, 15) is 14.4 Å². The van der Waals surface area contributed by atoms with Crippen LogP contribution in [-0.4, -0.2) is 38.7 Å². The normalized spacial score (nSPS) is 12.7. The summed E-state index contributed by atoms with van der Waals surface area (Å²) < 4.78 is 13.0. The van der Waals surface area contributed by atoms with Gasteiger partial charge in [-0.25, -0.2) is 4.98 Å². The summed E-state index contributed by atoms with van der Waals surface area (Å²) in [6.07, 6.45) is 3.37. The largest absolute Gasteiger partial charge is 0.443 e. The van der Waals surface area contributed by atoms with Crippen LogP contribution in [0.15, 0.2) is 78.0 Å². The topological polar surface area (TPSA) is 159 Å². The zero-order valence-electron chi connectivity index (χ0n) is 19.4. The van der Waals surface area contributed by atoms with Crippen molar-refractivity contribution in [3.8, 4) is 0 Å². The first-order valence-corrected chi connectivity index (χ1v) is 11.3. The molecule has 0 unspecified atom stereocenters. The van der Waals surface area contributed by atoms with Crippen LogP contribution in [-0.2, 0) is 45.4 Å². The lowest BCUT2D eigenvalue weighted by molar-refractivity contribution is -0.775. The highest BCUT2D eigenvalue weighted by Gasteiger charge is 2.20. The number of aromatic amines is 1. The van der Waals surface area contributed by atoms with Gasteiger partial charge < -0.3 is 20.9 Å². The maximum Gasteiger partial charge on any atom is 0.328 e. The predicted octanol–water partition coefficient (Wildman–Crippen LogP) is 0.154. The van der Waals surface area contributed by atoms with Crippen molar-refractivity contribution in [3.05, 3.63) is 94.7 Å². The molecule has 0 amide bonds. The molecule has 0 fully saturated rings. The van der Waals surface area contributed by atoms with Crippen molar-refractivity contribution in [2.45, 2.75) is 38.4 Å². The molecule has 4 rings (SSSR count). The van der Waals surface area contributed by atoms with Crippen molar-refractivity contribution in [1.29, 1.82) is 0 Å². The molecule has 0 radical (unpaired) electrons. The SMILES string of the molecule is N[C@@H](Cc1ccccc1)C(=O)OCn1cnc2[nH][n+](COC(=O)[C@@H](N)Cc3ccccc3)cc2c1=O. The monoisotopic (exact) mass is 491 g/mol. The first kappa shape index (κ1) is 24.8. The average molecular weight is 492 g/mol. The Kier molecular flexibility index (Phi) is 7.83. The fourth-order valence-corrected chi connectivity index (χ4v) is 3.58. The molecule has 11 heteroatoms. The van der Waals surface area contributed by atoms with Gasteiger partial charge in [-0.15, -0.1) is 5.10 Å². The van der Waals surface area contributed by atoms with E-state index in [1.54, 1.807) is 0 Å². The zero-order chi connectivity index (χ0) is 25.5. The molecule has 0 bridgehead atoms. The first-order valence-electron chi connectivity index (χ1n) is 11.3. The summed E-state index contributed by atoms with van der Waals surface area (Å²) in [5.41, 5.74) is 13.5. The minimum absolute atomic E-state index is 0.180. The third kappa shape index (κ3) is 6.20. The molecule has 4 aromatic rings. The van der Waals surface area contributed by atoms with Gasteiger partial charge in [-0.05, 0) is 24.0 Å². The number of ether oxygens (including phenoxy) is 2. The quantitative estimate of drug-likeness (QED) is 0.209. The molecule has 2 heterocycles. The van der Waals surface area contributed by atoms with Crippen molar-refractivity contribution in [3.63, 3.8) is 0 Å². The van der Waals surface area contributed by atoms with Gasteiger partial charge in [0.15, 0.2) is 12.1 Å². The lowest BCUT2D eigenvalue weighted by Gasteiger charge is -2.12. The van der Waals surface area contributed by atoms with E-state index in [2.05, 4.69) is 10.1 Å². The third-order valence-corrected chi connectivity index (χ3v) is 5.50. The molecular weight excluding hydrogens is 464 g/mol. The molecule has 11 nitrogen and oxygen atoms in total. The standard InChI is InChI=1S/C25H26N6O5/c26-20(11-17-7-3-1-4-8-17)24(33)35-15-30-14-28-22-19(23(30)32)13-31(29-22)16-36-25(34)21(27)12-18-9-5-2-6-10-18/h1-10,13-14,20-21H,11-12,15-16,26-27H2/p+1/t20-,21-/m0/s1. The summed E-state index contributed by atoms with van der Waals surface area (Å²) in [6, 6.07) is 17.0. The molecule has 0 saturated carbocycles. The summed E-state index contributed by atoms with van der Waals surface area (Å²) in [7, 11) is 0. The van der Waals surface area contributed by atoms with Gasteiger partial charge in [0.2, 0.25) is 11.8 Å². The lowest BCUT2D eigenvalue weighted by atomic mass is 10.1. The Hall–Kier alpha value is -4.35. The Morgan fingerprint density at radius 1 is 0.917 bits per heavy atom. The van der Waals surface area contributed by atoms with Crippen LogP contribution in [0.4, 0.5) is 0 Å². The second kappa shape index (κ2) is 11.4. The maximum atomic E-state index is 12.8. The van der Waals surface area contributed by atoms with E-state index in [1.807, 2.05) is 60.7 Å². The minimum Gasteiger partial charge on any atom is -0.443 e. The number of H-pyrrole nitrogens is 1. The van der Waals surface area contributed by atoms with Crippen LogP contribution in [0.3, 0.4) is 0 Å². The highest BCUT2D eigenvalue weighted by atomic mass is 16.5. The summed E-state index contributed by atoms with van der Waals surface area (Å²) in [6.45, 7) is -0.516. The molecule has 36 heavy (non-hydrogen) atoms. The number of nitrogens with two attached hydrogens (primary N) is 2. The number of carbonyl (C=O) groups is 2. The Labute approximate surface area is 206 Å². The van der Waals surface area contributed by atoms with Gasteiger partial charge in [0.25, 0.3) is 5.56 Å². The lowest BCUT2D eigenvalue weighted by Crippen LogP contribution is -2.41. The van der Waals surface area contributed by atoms with E-state index >= 15 is 0 Å². The fraction of sp³-hybridized carbons (Fsp3) is 0.240. The Morgan fingerprint density at radius 2 is 1.47 bits per heavy atom. The predicted molar refractivity (Wildman–Crippen MR) is 129 cm³/mol. The van der Waals surface area contributed by atoms with Crippen LogP contribution >= 0.6 is 0 Å². The Bertz CT molecular complexity index is 1390. The molecule has 0 aliphatic carbocycles. The van der Waals surface area contributed by atoms with Crippen LogP contribution in [0, 0.1) is 0 Å². The Morgan fingerprint density at radius 3 is 2.06 bits per heavy atom. The van der Waals surface area contributed by atoms with Gasteiger partial charge in [-0.2, -0.15) is 0 Å². The van der Waals surface area contributed by atoms with Crippen molar-refractivity contribution in [1.82, 2.24) is 14.6 Å². The van der Waals surface area contributed by atoms with Gasteiger partial charge in [-0.1, -0.05) is 65.3 Å². The van der Waals surface area contributed by atoms with E-state index in [0.717, 1.165) is 15.7 Å². The summed E-state index contributed by atoms with van der Waals surface area (Å²) >= 11 is 0. The maximum absolute atomic E-state index is 12.8. The summed E-state index contributed by atoms with van der Waals surface area (Å²) in [4.78, 5) is 41.5. The molecule has 5 N–H and O–H groups in total. The van der Waals surface area contributed by atoms with E-state index in [0.29, 0.717) is 12.8 Å². The first-order chi connectivity index (χ1) is 17.4. The van der Waals surface area contributed by atoms with Crippen LogP contribution < -0.4 is 21.7 Å². The van der Waals surface area contributed by atoms with Crippen LogP contribution in [0.5, 0.6) is 0 Å². The van der Waals surface area contributed by atoms with Gasteiger partial charge in [0.1, 0.15) is 18.4 Å². The molecule has 0 spiro atoms. The second-order valence-electron chi connectivity index (χ2n) is 8.27. The number of hydrogen-bond donors (Lipinski definition) is 3. The fourth-order valence-electron chi connectivity index (χ4n) is 3.58. The van der Waals surface area contributed by atoms with Crippen LogP contribution in [0.1, 0.15) is 11.1 Å². The number of esters is 2. The molecule has 186 valence electrons. The van der Waals surface area contributed by atoms with Gasteiger partial charge >= 0.3 is 18.7 Å².